The Morgan fingerprint density at radius 2 is 2.09 bits per heavy atom. The van der Waals surface area contributed by atoms with Crippen LogP contribution in [0.15, 0.2) is 12.3 Å². The third-order valence-corrected chi connectivity index (χ3v) is 4.97. The number of aliphatic carboxylic acids is 1. The second kappa shape index (κ2) is 5.59. The maximum Gasteiger partial charge on any atom is 0.309 e. The molecule has 3 heterocycles. The molecule has 22 heavy (non-hydrogen) atoms. The van der Waals surface area contributed by atoms with Gasteiger partial charge >= 0.3 is 5.97 Å². The van der Waals surface area contributed by atoms with Gasteiger partial charge in [0, 0.05) is 25.7 Å². The molecule has 0 unspecified atom stereocenters. The van der Waals surface area contributed by atoms with Crippen LogP contribution in [0.4, 0.5) is 5.82 Å². The zero-order valence-electron chi connectivity index (χ0n) is 11.7. The number of carbonyl (C=O) groups is 2. The number of aromatic nitrogens is 1. The smallest absolute Gasteiger partial charge is 0.309 e. The van der Waals surface area contributed by atoms with Crippen molar-refractivity contribution in [3.63, 3.8) is 0 Å². The first-order chi connectivity index (χ1) is 10.4. The van der Waals surface area contributed by atoms with Gasteiger partial charge in [-0.05, 0) is 18.9 Å². The van der Waals surface area contributed by atoms with Gasteiger partial charge in [-0.3, -0.25) is 9.59 Å². The largest absolute Gasteiger partial charge is 0.481 e. The molecule has 0 saturated carbocycles. The second-order valence-electron chi connectivity index (χ2n) is 5.75. The van der Waals surface area contributed by atoms with Crippen LogP contribution in [0.2, 0.25) is 10.0 Å². The molecule has 2 aliphatic heterocycles. The standard InChI is InChI=1S/C14H15Cl2N3O3/c15-8-5-10(16)12(17-7-8)19-3-1-14(2-4-19)9(13(21)22)6-11(20)18-14/h5,7,9H,1-4,6H2,(H,18,20)(H,21,22)/t9-/m0/s1. The molecule has 2 aliphatic rings. The SMILES string of the molecule is O=C1C[C@@H](C(=O)O)C2(CCN(c3ncc(Cl)cc3Cl)CC2)N1. The van der Waals surface area contributed by atoms with E-state index in [4.69, 9.17) is 23.2 Å². The second-order valence-corrected chi connectivity index (χ2v) is 6.59. The number of carbonyl (C=O) groups excluding carboxylic acids is 1. The summed E-state index contributed by atoms with van der Waals surface area (Å²) in [7, 11) is 0. The number of pyridine rings is 1. The Balaban J connectivity index is 1.77. The number of nitrogens with one attached hydrogen (secondary N) is 1. The van der Waals surface area contributed by atoms with Crippen molar-refractivity contribution in [2.24, 2.45) is 5.92 Å². The fourth-order valence-corrected chi connectivity index (χ4v) is 3.85. The Bertz CT molecular complexity index is 630. The lowest BCUT2D eigenvalue weighted by Gasteiger charge is -2.42. The molecular weight excluding hydrogens is 329 g/mol. The molecule has 1 atom stereocenters. The van der Waals surface area contributed by atoms with E-state index in [9.17, 15) is 14.7 Å². The molecule has 118 valence electrons. The van der Waals surface area contributed by atoms with E-state index >= 15 is 0 Å². The number of piperidine rings is 1. The minimum absolute atomic E-state index is 0.0509. The van der Waals surface area contributed by atoms with Gasteiger partial charge in [-0.15, -0.1) is 0 Å². The molecular formula is C14H15Cl2N3O3. The minimum Gasteiger partial charge on any atom is -0.481 e. The van der Waals surface area contributed by atoms with Crippen LogP contribution < -0.4 is 10.2 Å². The molecule has 8 heteroatoms. The fraction of sp³-hybridized carbons (Fsp3) is 0.500. The van der Waals surface area contributed by atoms with Crippen molar-refractivity contribution in [3.05, 3.63) is 22.3 Å². The lowest BCUT2D eigenvalue weighted by Crippen LogP contribution is -2.55. The molecule has 0 bridgehead atoms. The van der Waals surface area contributed by atoms with Crippen molar-refractivity contribution in [1.82, 2.24) is 10.3 Å². The number of carboxylic acids is 1. The van der Waals surface area contributed by atoms with E-state index in [1.807, 2.05) is 4.90 Å². The first-order valence-corrected chi connectivity index (χ1v) is 7.77. The number of halogens is 2. The number of anilines is 1. The highest BCUT2D eigenvalue weighted by molar-refractivity contribution is 6.36. The predicted octanol–water partition coefficient (Wildman–Crippen LogP) is 1.95. The molecule has 2 fully saturated rings. The van der Waals surface area contributed by atoms with Gasteiger partial charge in [-0.2, -0.15) is 0 Å². The van der Waals surface area contributed by atoms with E-state index in [0.29, 0.717) is 41.8 Å². The van der Waals surface area contributed by atoms with Gasteiger partial charge in [0.1, 0.15) is 5.82 Å². The van der Waals surface area contributed by atoms with Crippen molar-refractivity contribution in [2.75, 3.05) is 18.0 Å². The molecule has 3 rings (SSSR count). The van der Waals surface area contributed by atoms with Crippen LogP contribution in [-0.2, 0) is 9.59 Å². The van der Waals surface area contributed by atoms with Crippen LogP contribution in [0.1, 0.15) is 19.3 Å². The zero-order chi connectivity index (χ0) is 15.9. The Morgan fingerprint density at radius 3 is 2.68 bits per heavy atom. The predicted molar refractivity (Wildman–Crippen MR) is 82.3 cm³/mol. The van der Waals surface area contributed by atoms with E-state index < -0.39 is 17.4 Å². The van der Waals surface area contributed by atoms with E-state index in [2.05, 4.69) is 10.3 Å². The summed E-state index contributed by atoms with van der Waals surface area (Å²) < 4.78 is 0. The molecule has 1 spiro atoms. The maximum absolute atomic E-state index is 11.6. The van der Waals surface area contributed by atoms with Gasteiger partial charge in [0.2, 0.25) is 5.91 Å². The number of carboxylic acid groups (broad SMARTS) is 1. The highest BCUT2D eigenvalue weighted by atomic mass is 35.5. The summed E-state index contributed by atoms with van der Waals surface area (Å²) in [5.74, 6) is -1.15. The van der Waals surface area contributed by atoms with Gasteiger partial charge < -0.3 is 15.3 Å². The van der Waals surface area contributed by atoms with Gasteiger partial charge in [-0.25, -0.2) is 4.98 Å². The number of hydrogen-bond donors (Lipinski definition) is 2. The summed E-state index contributed by atoms with van der Waals surface area (Å²) in [5.41, 5.74) is -0.654. The van der Waals surface area contributed by atoms with Crippen LogP contribution >= 0.6 is 23.2 Å². The average Bonchev–Trinajstić information content (AvgIpc) is 2.77. The Labute approximate surface area is 137 Å². The molecule has 0 aliphatic carbocycles. The van der Waals surface area contributed by atoms with Crippen molar-refractivity contribution in [1.29, 1.82) is 0 Å². The quantitative estimate of drug-likeness (QED) is 0.857. The maximum atomic E-state index is 11.6. The average molecular weight is 344 g/mol. The molecule has 1 aromatic heterocycles. The molecule has 0 radical (unpaired) electrons. The summed E-state index contributed by atoms with van der Waals surface area (Å²) >= 11 is 12.0. The number of amides is 1. The van der Waals surface area contributed by atoms with Crippen LogP contribution in [0, 0.1) is 5.92 Å². The summed E-state index contributed by atoms with van der Waals surface area (Å²) in [4.78, 5) is 29.3. The third kappa shape index (κ3) is 2.61. The number of hydrogen-bond acceptors (Lipinski definition) is 4. The van der Waals surface area contributed by atoms with Crippen molar-refractivity contribution < 1.29 is 14.7 Å². The lowest BCUT2D eigenvalue weighted by molar-refractivity contribution is -0.144. The normalized spacial score (nSPS) is 23.6. The van der Waals surface area contributed by atoms with E-state index in [0.717, 1.165) is 0 Å². The Morgan fingerprint density at radius 1 is 1.41 bits per heavy atom. The Hall–Kier alpha value is -1.53. The number of rotatable bonds is 2. The van der Waals surface area contributed by atoms with Crippen LogP contribution in [0.25, 0.3) is 0 Å². The molecule has 1 amide bonds. The summed E-state index contributed by atoms with van der Waals surface area (Å²) in [6, 6.07) is 1.63. The van der Waals surface area contributed by atoms with E-state index in [-0.39, 0.29) is 12.3 Å². The topological polar surface area (TPSA) is 82.5 Å². The van der Waals surface area contributed by atoms with E-state index in [1.54, 1.807) is 6.07 Å². The van der Waals surface area contributed by atoms with Crippen LogP contribution in [-0.4, -0.2) is 40.6 Å². The lowest BCUT2D eigenvalue weighted by atomic mass is 9.78. The first-order valence-electron chi connectivity index (χ1n) is 7.01. The highest BCUT2D eigenvalue weighted by Crippen LogP contribution is 2.38. The van der Waals surface area contributed by atoms with Gasteiger partial charge in [0.05, 0.1) is 21.5 Å². The summed E-state index contributed by atoms with van der Waals surface area (Å²) in [6.07, 6.45) is 2.69. The monoisotopic (exact) mass is 343 g/mol. The fourth-order valence-electron chi connectivity index (χ4n) is 3.35. The molecule has 2 saturated heterocycles. The van der Waals surface area contributed by atoms with Crippen LogP contribution in [0.3, 0.4) is 0 Å². The van der Waals surface area contributed by atoms with Crippen LogP contribution in [0.5, 0.6) is 0 Å². The molecule has 6 nitrogen and oxygen atoms in total. The summed E-state index contributed by atoms with van der Waals surface area (Å²) in [5, 5.41) is 13.2. The number of nitrogens with zero attached hydrogens (tertiary/aromatic N) is 2. The molecule has 2 N–H and O–H groups in total. The molecule has 1 aromatic rings. The Kier molecular flexibility index (Phi) is 3.91. The van der Waals surface area contributed by atoms with Crippen molar-refractivity contribution >= 4 is 40.9 Å². The third-order valence-electron chi connectivity index (χ3n) is 4.49. The van der Waals surface area contributed by atoms with Crippen molar-refractivity contribution in [2.45, 2.75) is 24.8 Å². The zero-order valence-corrected chi connectivity index (χ0v) is 13.2. The van der Waals surface area contributed by atoms with Crippen molar-refractivity contribution in [3.8, 4) is 0 Å². The highest BCUT2D eigenvalue weighted by Gasteiger charge is 2.51. The first kappa shape index (κ1) is 15.4. The van der Waals surface area contributed by atoms with Gasteiger partial charge in [-0.1, -0.05) is 23.2 Å². The van der Waals surface area contributed by atoms with Gasteiger partial charge in [0.15, 0.2) is 0 Å². The summed E-state index contributed by atoms with van der Waals surface area (Å²) in [6.45, 7) is 1.16. The minimum atomic E-state index is -0.922. The molecule has 0 aromatic carbocycles. The van der Waals surface area contributed by atoms with Gasteiger partial charge in [0.25, 0.3) is 0 Å². The van der Waals surface area contributed by atoms with E-state index in [1.165, 1.54) is 6.20 Å².